The molecular weight excluding hydrogens is 277 g/mol. The molecule has 7 heteroatoms. The van der Waals surface area contributed by atoms with Gasteiger partial charge in [0.1, 0.15) is 5.75 Å². The number of hydrogen-bond acceptors (Lipinski definition) is 3. The zero-order valence-corrected chi connectivity index (χ0v) is 10.4. The smallest absolute Gasteiger partial charge is 0.435 e. The fourth-order valence-electron chi connectivity index (χ4n) is 2.04. The lowest BCUT2D eigenvalue weighted by molar-refractivity contribution is -0.245. The van der Waals surface area contributed by atoms with Crippen LogP contribution in [0.3, 0.4) is 0 Å². The second kappa shape index (κ2) is 4.52. The number of aliphatic hydroxyl groups is 1. The van der Waals surface area contributed by atoms with Crippen molar-refractivity contribution in [3.63, 3.8) is 0 Å². The van der Waals surface area contributed by atoms with Crippen molar-refractivity contribution < 1.29 is 32.9 Å². The molecule has 0 aliphatic carbocycles. The number of ether oxygens (including phenoxy) is 1. The molecule has 0 spiro atoms. The van der Waals surface area contributed by atoms with Gasteiger partial charge in [0.15, 0.2) is 0 Å². The summed E-state index contributed by atoms with van der Waals surface area (Å²) in [4.78, 5) is 11.1. The lowest BCUT2D eigenvalue weighted by atomic mass is 9.88. The van der Waals surface area contributed by atoms with Gasteiger partial charge in [-0.15, -0.1) is 0 Å². The van der Waals surface area contributed by atoms with Crippen molar-refractivity contribution in [2.45, 2.75) is 18.7 Å². The van der Waals surface area contributed by atoms with Crippen molar-refractivity contribution in [1.29, 1.82) is 0 Å². The molecular formula is C13H11F3O4. The van der Waals surface area contributed by atoms with Gasteiger partial charge in [-0.1, -0.05) is 11.6 Å². The Balaban J connectivity index is 2.69. The number of carboxylic acid groups (broad SMARTS) is 1. The second-order valence-corrected chi connectivity index (χ2v) is 4.49. The number of hydrogen-bond donors (Lipinski definition) is 2. The van der Waals surface area contributed by atoms with Crippen LogP contribution in [0.25, 0.3) is 6.08 Å². The number of alkyl halides is 3. The predicted molar refractivity (Wildman–Crippen MR) is 63.3 cm³/mol. The molecule has 0 aromatic heterocycles. The van der Waals surface area contributed by atoms with Crippen molar-refractivity contribution in [3.05, 3.63) is 34.9 Å². The minimum atomic E-state index is -5.06. The first-order valence-corrected chi connectivity index (χ1v) is 5.64. The summed E-state index contributed by atoms with van der Waals surface area (Å²) in [6.07, 6.45) is -4.17. The molecule has 2 N–H and O–H groups in total. The van der Waals surface area contributed by atoms with Crippen LogP contribution in [-0.4, -0.2) is 34.6 Å². The van der Waals surface area contributed by atoms with Crippen molar-refractivity contribution in [2.24, 2.45) is 0 Å². The van der Waals surface area contributed by atoms with Gasteiger partial charge in [-0.05, 0) is 25.1 Å². The molecule has 0 fully saturated rings. The first-order valence-electron chi connectivity index (χ1n) is 5.64. The molecule has 108 valence electrons. The summed E-state index contributed by atoms with van der Waals surface area (Å²) in [5, 5.41) is 18.1. The lowest BCUT2D eigenvalue weighted by Gasteiger charge is -2.37. The SMILES string of the molecule is Cc1ccc2c(c1)C=C(C(=O)O)C(CO)(C(F)(F)F)O2. The van der Waals surface area contributed by atoms with Crippen LogP contribution >= 0.6 is 0 Å². The summed E-state index contributed by atoms with van der Waals surface area (Å²) in [6, 6.07) is 4.36. The standard InChI is InChI=1S/C13H11F3O4/c1-7-2-3-10-8(4-7)5-9(11(18)19)12(6-17,20-10)13(14,15)16/h2-5,17H,6H2,1H3,(H,18,19). The average Bonchev–Trinajstić information content (AvgIpc) is 2.35. The number of carboxylic acids is 1. The molecule has 1 aromatic rings. The Hall–Kier alpha value is -2.02. The van der Waals surface area contributed by atoms with Crippen LogP contribution in [0, 0.1) is 6.92 Å². The van der Waals surface area contributed by atoms with Crippen LogP contribution in [0.2, 0.25) is 0 Å². The number of fused-ring (bicyclic) bond motifs is 1. The minimum Gasteiger partial charge on any atom is -0.478 e. The third-order valence-electron chi connectivity index (χ3n) is 3.10. The van der Waals surface area contributed by atoms with Crippen LogP contribution in [-0.2, 0) is 4.79 Å². The molecule has 0 saturated heterocycles. The third kappa shape index (κ3) is 2.03. The highest BCUT2D eigenvalue weighted by molar-refractivity contribution is 5.96. The van der Waals surface area contributed by atoms with Crippen LogP contribution in [0.1, 0.15) is 11.1 Å². The van der Waals surface area contributed by atoms with Crippen molar-refractivity contribution in [2.75, 3.05) is 6.61 Å². The van der Waals surface area contributed by atoms with E-state index in [2.05, 4.69) is 0 Å². The highest BCUT2D eigenvalue weighted by Gasteiger charge is 2.63. The Morgan fingerprint density at radius 3 is 2.55 bits per heavy atom. The van der Waals surface area contributed by atoms with Crippen LogP contribution in [0.15, 0.2) is 23.8 Å². The molecule has 4 nitrogen and oxygen atoms in total. The van der Waals surface area contributed by atoms with E-state index in [0.29, 0.717) is 0 Å². The molecule has 0 bridgehead atoms. The molecule has 1 atom stereocenters. The number of aliphatic carboxylic acids is 1. The van der Waals surface area contributed by atoms with E-state index in [-0.39, 0.29) is 11.3 Å². The third-order valence-corrected chi connectivity index (χ3v) is 3.10. The Morgan fingerprint density at radius 1 is 1.40 bits per heavy atom. The topological polar surface area (TPSA) is 66.8 Å². The number of carbonyl (C=O) groups is 1. The Kier molecular flexibility index (Phi) is 3.25. The quantitative estimate of drug-likeness (QED) is 0.875. The average molecular weight is 288 g/mol. The zero-order chi connectivity index (χ0) is 15.1. The monoisotopic (exact) mass is 288 g/mol. The summed E-state index contributed by atoms with van der Waals surface area (Å²) in [5.74, 6) is -1.91. The largest absolute Gasteiger partial charge is 0.478 e. The van der Waals surface area contributed by atoms with Crippen molar-refractivity contribution >= 4 is 12.0 Å². The molecule has 1 aliphatic rings. The lowest BCUT2D eigenvalue weighted by Crippen LogP contribution is -2.57. The summed E-state index contributed by atoms with van der Waals surface area (Å²) >= 11 is 0. The second-order valence-electron chi connectivity index (χ2n) is 4.49. The van der Waals surface area contributed by atoms with Crippen LogP contribution < -0.4 is 4.74 Å². The van der Waals surface area contributed by atoms with Crippen LogP contribution in [0.4, 0.5) is 13.2 Å². The minimum absolute atomic E-state index is 0.119. The molecule has 0 radical (unpaired) electrons. The Morgan fingerprint density at radius 2 is 2.05 bits per heavy atom. The van der Waals surface area contributed by atoms with E-state index in [1.807, 2.05) is 0 Å². The predicted octanol–water partition coefficient (Wildman–Crippen LogP) is 2.15. The van der Waals surface area contributed by atoms with E-state index in [1.165, 1.54) is 18.2 Å². The summed E-state index contributed by atoms with van der Waals surface area (Å²) in [6.45, 7) is 0.203. The summed E-state index contributed by atoms with van der Waals surface area (Å²) in [5.41, 5.74) is -3.31. The number of rotatable bonds is 2. The number of aryl methyl sites for hydroxylation is 1. The van der Waals surface area contributed by atoms with Gasteiger partial charge in [-0.3, -0.25) is 0 Å². The highest BCUT2D eigenvalue weighted by Crippen LogP contribution is 2.45. The number of benzene rings is 1. The molecule has 2 rings (SSSR count). The first-order chi connectivity index (χ1) is 9.21. The Labute approximate surface area is 112 Å². The van der Waals surface area contributed by atoms with Gasteiger partial charge in [0.25, 0.3) is 5.60 Å². The van der Waals surface area contributed by atoms with E-state index in [0.717, 1.165) is 11.6 Å². The van der Waals surface area contributed by atoms with Crippen molar-refractivity contribution in [3.8, 4) is 5.75 Å². The molecule has 1 aliphatic heterocycles. The van der Waals surface area contributed by atoms with E-state index in [9.17, 15) is 18.0 Å². The fourth-order valence-corrected chi connectivity index (χ4v) is 2.04. The Bertz CT molecular complexity index is 592. The summed E-state index contributed by atoms with van der Waals surface area (Å²) < 4.78 is 44.4. The van der Waals surface area contributed by atoms with E-state index < -0.39 is 29.9 Å². The maximum atomic E-state index is 13.2. The summed E-state index contributed by atoms with van der Waals surface area (Å²) in [7, 11) is 0. The molecule has 20 heavy (non-hydrogen) atoms. The van der Waals surface area contributed by atoms with Gasteiger partial charge in [0.05, 0.1) is 12.2 Å². The molecule has 0 saturated carbocycles. The van der Waals surface area contributed by atoms with E-state index in [1.54, 1.807) is 6.92 Å². The maximum Gasteiger partial charge on any atom is 0.435 e. The molecule has 1 heterocycles. The molecule has 1 aromatic carbocycles. The maximum absolute atomic E-state index is 13.2. The van der Waals surface area contributed by atoms with Crippen LogP contribution in [0.5, 0.6) is 5.75 Å². The highest BCUT2D eigenvalue weighted by atomic mass is 19.4. The first kappa shape index (κ1) is 14.4. The zero-order valence-electron chi connectivity index (χ0n) is 10.4. The van der Waals surface area contributed by atoms with Gasteiger partial charge in [-0.25, -0.2) is 4.79 Å². The number of halogens is 3. The van der Waals surface area contributed by atoms with E-state index >= 15 is 0 Å². The van der Waals surface area contributed by atoms with Crippen molar-refractivity contribution in [1.82, 2.24) is 0 Å². The fraction of sp³-hybridized carbons (Fsp3) is 0.308. The van der Waals surface area contributed by atoms with Gasteiger partial charge in [0, 0.05) is 5.56 Å². The van der Waals surface area contributed by atoms with Gasteiger partial charge in [-0.2, -0.15) is 13.2 Å². The normalized spacial score (nSPS) is 21.8. The van der Waals surface area contributed by atoms with Gasteiger partial charge < -0.3 is 14.9 Å². The van der Waals surface area contributed by atoms with Gasteiger partial charge >= 0.3 is 12.1 Å². The number of aliphatic hydroxyl groups excluding tert-OH is 1. The van der Waals surface area contributed by atoms with Gasteiger partial charge in [0.2, 0.25) is 0 Å². The molecule has 0 amide bonds. The van der Waals surface area contributed by atoms with E-state index in [4.69, 9.17) is 14.9 Å². The molecule has 1 unspecified atom stereocenters.